The van der Waals surface area contributed by atoms with Crippen LogP contribution in [-0.2, 0) is 10.1 Å². The SMILES string of the molecule is O=S(=O)(O)CC(S)CS.[H-].[Na+]. The van der Waals surface area contributed by atoms with Crippen LogP contribution in [0.3, 0.4) is 0 Å². The summed E-state index contributed by atoms with van der Waals surface area (Å²) in [6.45, 7) is 0. The average Bonchev–Trinajstić information content (AvgIpc) is 1.62. The third kappa shape index (κ3) is 9.61. The summed E-state index contributed by atoms with van der Waals surface area (Å²) >= 11 is 7.58. The molecule has 1 atom stereocenters. The van der Waals surface area contributed by atoms with E-state index in [2.05, 4.69) is 25.3 Å². The summed E-state index contributed by atoms with van der Waals surface area (Å²) < 4.78 is 28.4. The van der Waals surface area contributed by atoms with E-state index in [9.17, 15) is 8.42 Å². The van der Waals surface area contributed by atoms with Crippen LogP contribution < -0.4 is 29.6 Å². The van der Waals surface area contributed by atoms with Crippen LogP contribution >= 0.6 is 25.3 Å². The summed E-state index contributed by atoms with van der Waals surface area (Å²) in [7, 11) is -3.86. The van der Waals surface area contributed by atoms with Crippen molar-refractivity contribution in [2.24, 2.45) is 0 Å². The predicted molar refractivity (Wildman–Crippen MR) is 44.2 cm³/mol. The molecule has 7 heteroatoms. The summed E-state index contributed by atoms with van der Waals surface area (Å²) in [5.74, 6) is 0.00249. The van der Waals surface area contributed by atoms with Gasteiger partial charge in [-0.05, 0) is 0 Å². The Morgan fingerprint density at radius 1 is 1.60 bits per heavy atom. The number of hydrogen-bond acceptors (Lipinski definition) is 4. The van der Waals surface area contributed by atoms with Crippen LogP contribution in [0.4, 0.5) is 0 Å². The zero-order valence-electron chi connectivity index (χ0n) is 6.56. The molecule has 10 heavy (non-hydrogen) atoms. The molecule has 0 heterocycles. The predicted octanol–water partition coefficient (Wildman–Crippen LogP) is -2.78. The summed E-state index contributed by atoms with van der Waals surface area (Å²) in [4.78, 5) is 0. The van der Waals surface area contributed by atoms with Gasteiger partial charge in [0.15, 0.2) is 0 Å². The summed E-state index contributed by atoms with van der Waals surface area (Å²) in [6, 6.07) is 0. The molecule has 0 spiro atoms. The van der Waals surface area contributed by atoms with Gasteiger partial charge in [0.05, 0.1) is 5.75 Å². The molecule has 0 aliphatic carbocycles. The van der Waals surface area contributed by atoms with Crippen LogP contribution in [0.15, 0.2) is 0 Å². The standard InChI is InChI=1S/C3H8O3S3.Na.H/c4-9(5,6)2-3(8)1-7;;/h3,7-8H,1-2H2,(H,4,5,6);;/q;+1;-1. The van der Waals surface area contributed by atoms with Crippen molar-refractivity contribution in [3.05, 3.63) is 0 Å². The Morgan fingerprint density at radius 3 is 2.10 bits per heavy atom. The van der Waals surface area contributed by atoms with Gasteiger partial charge in [-0.3, -0.25) is 4.55 Å². The summed E-state index contributed by atoms with van der Waals surface area (Å²) in [5, 5.41) is -0.386. The van der Waals surface area contributed by atoms with Gasteiger partial charge in [-0.2, -0.15) is 33.7 Å². The minimum Gasteiger partial charge on any atom is -1.00 e. The Morgan fingerprint density at radius 2 is 2.00 bits per heavy atom. The molecule has 0 aliphatic rings. The molecule has 0 aromatic heterocycles. The van der Waals surface area contributed by atoms with E-state index < -0.39 is 10.1 Å². The van der Waals surface area contributed by atoms with Crippen LogP contribution in [0, 0.1) is 0 Å². The minimum absolute atomic E-state index is 0. The molecule has 0 aromatic carbocycles. The molecule has 0 fully saturated rings. The second-order valence-corrected chi connectivity index (χ2v) is 4.18. The first-order valence-electron chi connectivity index (χ1n) is 2.20. The summed E-state index contributed by atoms with van der Waals surface area (Å²) in [6.07, 6.45) is 0. The number of thiol groups is 2. The van der Waals surface area contributed by atoms with Crippen molar-refractivity contribution in [1.82, 2.24) is 0 Å². The quantitative estimate of drug-likeness (QED) is 0.269. The van der Waals surface area contributed by atoms with Gasteiger partial charge < -0.3 is 1.43 Å². The van der Waals surface area contributed by atoms with Crippen molar-refractivity contribution < 1.29 is 44.0 Å². The van der Waals surface area contributed by atoms with Crippen LogP contribution in [0.25, 0.3) is 0 Å². The second kappa shape index (κ2) is 6.16. The van der Waals surface area contributed by atoms with Gasteiger partial charge in [0, 0.05) is 11.0 Å². The summed E-state index contributed by atoms with van der Waals surface area (Å²) in [5.41, 5.74) is 0. The van der Waals surface area contributed by atoms with Crippen LogP contribution in [0.2, 0.25) is 0 Å². The van der Waals surface area contributed by atoms with Gasteiger partial charge in [0.25, 0.3) is 10.1 Å². The Kier molecular flexibility index (Phi) is 8.72. The zero-order chi connectivity index (χ0) is 7.49. The molecule has 0 amide bonds. The van der Waals surface area contributed by atoms with E-state index in [1.54, 1.807) is 0 Å². The first-order valence-corrected chi connectivity index (χ1v) is 4.95. The van der Waals surface area contributed by atoms with Crippen LogP contribution in [-0.4, -0.2) is 29.7 Å². The Hall–Kier alpha value is 1.61. The third-order valence-electron chi connectivity index (χ3n) is 0.614. The van der Waals surface area contributed by atoms with E-state index in [0.29, 0.717) is 5.75 Å². The molecular formula is C3H9NaO3S3. The van der Waals surface area contributed by atoms with E-state index in [0.717, 1.165) is 0 Å². The van der Waals surface area contributed by atoms with Gasteiger partial charge in [-0.1, -0.05) is 0 Å². The fraction of sp³-hybridized carbons (Fsp3) is 1.00. The van der Waals surface area contributed by atoms with E-state index in [4.69, 9.17) is 4.55 Å². The van der Waals surface area contributed by atoms with Crippen molar-refractivity contribution in [3.63, 3.8) is 0 Å². The molecular weight excluding hydrogens is 203 g/mol. The zero-order valence-corrected chi connectivity index (χ0v) is 10.2. The van der Waals surface area contributed by atoms with E-state index in [-0.39, 0.29) is 42.0 Å². The molecule has 0 radical (unpaired) electrons. The topological polar surface area (TPSA) is 54.4 Å². The van der Waals surface area contributed by atoms with Gasteiger partial charge in [-0.15, -0.1) is 0 Å². The first-order chi connectivity index (χ1) is 3.95. The largest absolute Gasteiger partial charge is 1.00 e. The smallest absolute Gasteiger partial charge is 1.00 e. The van der Waals surface area contributed by atoms with Crippen LogP contribution in [0.5, 0.6) is 0 Å². The van der Waals surface area contributed by atoms with Crippen molar-refractivity contribution in [3.8, 4) is 0 Å². The fourth-order valence-corrected chi connectivity index (χ4v) is 1.77. The maximum Gasteiger partial charge on any atom is 1.00 e. The van der Waals surface area contributed by atoms with E-state index in [1.165, 1.54) is 0 Å². The Balaban J connectivity index is -0.000000320. The van der Waals surface area contributed by atoms with Crippen LogP contribution in [0.1, 0.15) is 1.43 Å². The molecule has 58 valence electrons. The molecule has 0 aliphatic heterocycles. The van der Waals surface area contributed by atoms with Gasteiger partial charge in [0.2, 0.25) is 0 Å². The normalized spacial score (nSPS) is 13.9. The fourth-order valence-electron chi connectivity index (χ4n) is 0.296. The molecule has 0 saturated heterocycles. The Labute approximate surface area is 95.3 Å². The van der Waals surface area contributed by atoms with Crippen molar-refractivity contribution >= 4 is 35.4 Å². The minimum atomic E-state index is -3.86. The van der Waals surface area contributed by atoms with Crippen molar-refractivity contribution in [2.75, 3.05) is 11.5 Å². The first kappa shape index (κ1) is 14.2. The van der Waals surface area contributed by atoms with Gasteiger partial charge in [0.1, 0.15) is 0 Å². The molecule has 1 unspecified atom stereocenters. The van der Waals surface area contributed by atoms with Gasteiger partial charge in [-0.25, -0.2) is 0 Å². The van der Waals surface area contributed by atoms with E-state index in [1.807, 2.05) is 0 Å². The Bertz CT molecular complexity index is 171. The maximum absolute atomic E-state index is 10.1. The van der Waals surface area contributed by atoms with Crippen molar-refractivity contribution in [2.45, 2.75) is 5.25 Å². The monoisotopic (exact) mass is 212 g/mol. The number of hydrogen-bond donors (Lipinski definition) is 3. The molecule has 0 saturated carbocycles. The molecule has 0 bridgehead atoms. The molecule has 0 rings (SSSR count). The van der Waals surface area contributed by atoms with E-state index >= 15 is 0 Å². The van der Waals surface area contributed by atoms with Crippen molar-refractivity contribution in [1.29, 1.82) is 0 Å². The average molecular weight is 212 g/mol. The number of rotatable bonds is 3. The third-order valence-corrected chi connectivity index (χ3v) is 2.78. The second-order valence-electron chi connectivity index (χ2n) is 1.58. The molecule has 0 aromatic rings. The molecule has 1 N–H and O–H groups in total. The molecule has 3 nitrogen and oxygen atoms in total. The van der Waals surface area contributed by atoms with Gasteiger partial charge >= 0.3 is 29.6 Å². The maximum atomic E-state index is 10.1.